The number of aromatic nitrogens is 3. The second kappa shape index (κ2) is 4.13. The normalized spacial score (nSPS) is 9.07. The van der Waals surface area contributed by atoms with Gasteiger partial charge >= 0.3 is 0 Å². The van der Waals surface area contributed by atoms with Gasteiger partial charge in [-0.25, -0.2) is 4.98 Å². The molecular weight excluding hydrogens is 192 g/mol. The van der Waals surface area contributed by atoms with Crippen molar-refractivity contribution in [2.75, 3.05) is 6.54 Å². The quantitative estimate of drug-likeness (QED) is 0.326. The average Bonchev–Trinajstić information content (AvgIpc) is 2.71. The molecule has 0 radical (unpaired) electrons. The molecule has 0 bridgehead atoms. The molecule has 0 aliphatic rings. The molecule has 0 aliphatic carbocycles. The number of nitrogens with one attached hydrogen (secondary N) is 1. The van der Waals surface area contributed by atoms with Crippen LogP contribution < -0.4 is 0 Å². The Kier molecular flexibility index (Phi) is 2.50. The fraction of sp³-hybridized carbons (Fsp3) is 0.111. The second-order valence-corrected chi connectivity index (χ2v) is 2.72. The highest BCUT2D eigenvalue weighted by atomic mass is 15.1. The number of hydrogen-bond acceptors (Lipinski definition) is 3. The lowest BCUT2D eigenvalue weighted by atomic mass is 10.2. The van der Waals surface area contributed by atoms with E-state index in [-0.39, 0.29) is 6.54 Å². The van der Waals surface area contributed by atoms with Crippen LogP contribution in [-0.4, -0.2) is 21.7 Å². The Morgan fingerprint density at radius 2 is 2.47 bits per heavy atom. The van der Waals surface area contributed by atoms with E-state index in [9.17, 15) is 0 Å². The molecule has 2 aromatic rings. The third-order valence-electron chi connectivity index (χ3n) is 1.74. The minimum absolute atomic E-state index is 0.167. The number of aromatic amines is 1. The van der Waals surface area contributed by atoms with Gasteiger partial charge in [-0.2, -0.15) is 5.10 Å². The van der Waals surface area contributed by atoms with Gasteiger partial charge in [0.25, 0.3) is 0 Å². The van der Waals surface area contributed by atoms with Gasteiger partial charge in [-0.3, -0.25) is 5.10 Å². The first-order valence-electron chi connectivity index (χ1n) is 4.19. The Bertz CT molecular complexity index is 581. The predicted octanol–water partition coefficient (Wildman–Crippen LogP) is 1.62. The van der Waals surface area contributed by atoms with Crippen molar-refractivity contribution in [2.24, 2.45) is 5.11 Å². The van der Waals surface area contributed by atoms with Gasteiger partial charge < -0.3 is 0 Å². The Hall–Kier alpha value is -2.51. The first kappa shape index (κ1) is 9.06. The number of fused-ring (bicyclic) bond motifs is 1. The lowest BCUT2D eigenvalue weighted by molar-refractivity contribution is 1.10. The molecule has 0 spiro atoms. The minimum Gasteiger partial charge on any atom is -0.261 e. The molecule has 2 heterocycles. The van der Waals surface area contributed by atoms with Gasteiger partial charge in [0.2, 0.25) is 0 Å². The van der Waals surface area contributed by atoms with Crippen LogP contribution in [0.2, 0.25) is 0 Å². The Morgan fingerprint density at radius 1 is 1.53 bits per heavy atom. The smallest absolute Gasteiger partial charge is 0.155 e. The van der Waals surface area contributed by atoms with E-state index in [1.807, 2.05) is 6.07 Å². The van der Waals surface area contributed by atoms with Crippen molar-refractivity contribution in [3.8, 4) is 11.8 Å². The molecule has 1 N–H and O–H groups in total. The Labute approximate surface area is 85.0 Å². The highest BCUT2D eigenvalue weighted by molar-refractivity contribution is 5.75. The molecule has 6 heteroatoms. The highest BCUT2D eigenvalue weighted by Gasteiger charge is 1.96. The third kappa shape index (κ3) is 2.05. The van der Waals surface area contributed by atoms with E-state index in [0.717, 1.165) is 16.6 Å². The van der Waals surface area contributed by atoms with Gasteiger partial charge in [0.05, 0.1) is 12.7 Å². The van der Waals surface area contributed by atoms with E-state index in [4.69, 9.17) is 5.53 Å². The second-order valence-electron chi connectivity index (χ2n) is 2.72. The molecule has 0 amide bonds. The molecule has 0 atom stereocenters. The topological polar surface area (TPSA) is 90.3 Å². The Morgan fingerprint density at radius 3 is 3.33 bits per heavy atom. The molecule has 0 saturated heterocycles. The van der Waals surface area contributed by atoms with Crippen LogP contribution in [0.5, 0.6) is 0 Å². The number of rotatable bonds is 1. The molecule has 0 unspecified atom stereocenters. The molecular formula is C9H6N6. The fourth-order valence-electron chi connectivity index (χ4n) is 1.11. The van der Waals surface area contributed by atoms with Crippen LogP contribution in [0.4, 0.5) is 0 Å². The number of nitrogens with zero attached hydrogens (tertiary/aromatic N) is 5. The molecule has 0 saturated carbocycles. The number of hydrogen-bond donors (Lipinski definition) is 1. The van der Waals surface area contributed by atoms with Crippen LogP contribution in [0.15, 0.2) is 23.6 Å². The van der Waals surface area contributed by atoms with Crippen LogP contribution in [0.1, 0.15) is 5.56 Å². The van der Waals surface area contributed by atoms with E-state index >= 15 is 0 Å². The van der Waals surface area contributed by atoms with Crippen molar-refractivity contribution in [3.63, 3.8) is 0 Å². The predicted molar refractivity (Wildman–Crippen MR) is 54.8 cm³/mol. The first-order valence-corrected chi connectivity index (χ1v) is 4.19. The number of H-pyrrole nitrogens is 1. The van der Waals surface area contributed by atoms with Crippen molar-refractivity contribution in [1.29, 1.82) is 0 Å². The van der Waals surface area contributed by atoms with Crippen molar-refractivity contribution < 1.29 is 0 Å². The fourth-order valence-corrected chi connectivity index (χ4v) is 1.11. The van der Waals surface area contributed by atoms with Crippen LogP contribution >= 0.6 is 0 Å². The van der Waals surface area contributed by atoms with Gasteiger partial charge in [-0.1, -0.05) is 17.0 Å². The summed E-state index contributed by atoms with van der Waals surface area (Å²) in [7, 11) is 0. The molecule has 0 fully saturated rings. The zero-order valence-corrected chi connectivity index (χ0v) is 7.68. The van der Waals surface area contributed by atoms with Crippen molar-refractivity contribution in [3.05, 3.63) is 34.5 Å². The highest BCUT2D eigenvalue weighted by Crippen LogP contribution is 2.08. The molecule has 2 aromatic heterocycles. The lowest BCUT2D eigenvalue weighted by Crippen LogP contribution is -1.80. The number of pyridine rings is 1. The SMILES string of the molecule is [N-]=[N+]=NCC#Cc1cnc2[nH]ncc2c1. The zero-order chi connectivity index (χ0) is 10.5. The van der Waals surface area contributed by atoms with Crippen molar-refractivity contribution in [2.45, 2.75) is 0 Å². The summed E-state index contributed by atoms with van der Waals surface area (Å²) in [5.41, 5.74) is 9.55. The molecule has 15 heavy (non-hydrogen) atoms. The molecule has 6 nitrogen and oxygen atoms in total. The summed E-state index contributed by atoms with van der Waals surface area (Å²) in [6.07, 6.45) is 3.32. The van der Waals surface area contributed by atoms with E-state index in [0.29, 0.717) is 0 Å². The summed E-state index contributed by atoms with van der Waals surface area (Å²) in [6, 6.07) is 1.87. The minimum atomic E-state index is 0.167. The monoisotopic (exact) mass is 198 g/mol. The van der Waals surface area contributed by atoms with Crippen molar-refractivity contribution in [1.82, 2.24) is 15.2 Å². The van der Waals surface area contributed by atoms with E-state index in [1.54, 1.807) is 12.4 Å². The van der Waals surface area contributed by atoms with Crippen molar-refractivity contribution >= 4 is 11.0 Å². The summed E-state index contributed by atoms with van der Waals surface area (Å²) >= 11 is 0. The lowest BCUT2D eigenvalue weighted by Gasteiger charge is -1.89. The maximum Gasteiger partial charge on any atom is 0.155 e. The van der Waals surface area contributed by atoms with Crippen LogP contribution in [0.3, 0.4) is 0 Å². The maximum absolute atomic E-state index is 8.04. The van der Waals surface area contributed by atoms with E-state index < -0.39 is 0 Å². The Balaban J connectivity index is 2.26. The van der Waals surface area contributed by atoms with E-state index in [1.165, 1.54) is 0 Å². The molecule has 72 valence electrons. The molecule has 0 aromatic carbocycles. The van der Waals surface area contributed by atoms with Gasteiger partial charge in [0.15, 0.2) is 5.65 Å². The van der Waals surface area contributed by atoms with Gasteiger partial charge in [0.1, 0.15) is 0 Å². The largest absolute Gasteiger partial charge is 0.261 e. The summed E-state index contributed by atoms with van der Waals surface area (Å²) in [4.78, 5) is 6.72. The maximum atomic E-state index is 8.04. The standard InChI is InChI=1S/C9H6N6/c10-15-12-3-1-2-7-4-8-6-13-14-9(8)11-5-7/h4-6H,3H2,(H,11,13,14). The van der Waals surface area contributed by atoms with Gasteiger partial charge in [0, 0.05) is 22.1 Å². The summed E-state index contributed by atoms with van der Waals surface area (Å²) in [5.74, 6) is 5.56. The molecule has 2 rings (SSSR count). The van der Waals surface area contributed by atoms with Gasteiger partial charge in [-0.15, -0.1) is 0 Å². The first-order chi connectivity index (χ1) is 7.40. The third-order valence-corrected chi connectivity index (χ3v) is 1.74. The number of azide groups is 1. The zero-order valence-electron chi connectivity index (χ0n) is 7.68. The summed E-state index contributed by atoms with van der Waals surface area (Å²) in [6.45, 7) is 0.167. The van der Waals surface area contributed by atoms with Gasteiger partial charge in [-0.05, 0) is 11.6 Å². The van der Waals surface area contributed by atoms with Crippen LogP contribution in [0, 0.1) is 11.8 Å². The van der Waals surface area contributed by atoms with E-state index in [2.05, 4.69) is 37.0 Å². The average molecular weight is 198 g/mol. The molecule has 0 aliphatic heterocycles. The van der Waals surface area contributed by atoms with Crippen LogP contribution in [-0.2, 0) is 0 Å². The van der Waals surface area contributed by atoms with Crippen LogP contribution in [0.25, 0.3) is 21.5 Å². The summed E-state index contributed by atoms with van der Waals surface area (Å²) < 4.78 is 0. The summed E-state index contributed by atoms with van der Waals surface area (Å²) in [5, 5.41) is 10.8.